The zero-order chi connectivity index (χ0) is 42.0. The lowest BCUT2D eigenvalue weighted by atomic mass is 9.90. The molecule has 0 fully saturated rings. The molecule has 0 aliphatic heterocycles. The van der Waals surface area contributed by atoms with Crippen LogP contribution in [-0.4, -0.2) is 37.9 Å². The van der Waals surface area contributed by atoms with E-state index in [0.29, 0.717) is 11.4 Å². The Labute approximate surface area is 365 Å². The molecular weight excluding hydrogens is 789 g/mol. The summed E-state index contributed by atoms with van der Waals surface area (Å²) in [5, 5.41) is 0.952. The van der Waals surface area contributed by atoms with Crippen LogP contribution in [0.3, 0.4) is 0 Å². The third-order valence-corrected chi connectivity index (χ3v) is 13.2. The van der Waals surface area contributed by atoms with Gasteiger partial charge in [0, 0.05) is 17.0 Å². The first kappa shape index (κ1) is 35.1. The highest BCUT2D eigenvalue weighted by molar-refractivity contribution is 6.06. The molecule has 6 aromatic heterocycles. The highest BCUT2D eigenvalue weighted by Crippen LogP contribution is 2.40. The van der Waals surface area contributed by atoms with Gasteiger partial charge in [0.1, 0.15) is 17.4 Å². The van der Waals surface area contributed by atoms with Gasteiger partial charge in [0.15, 0.2) is 11.4 Å². The number of allylic oxidation sites excluding steroid dienone is 4. The molecule has 0 radical (unpaired) electrons. The second kappa shape index (κ2) is 13.2. The molecule has 1 atom stereocenters. The van der Waals surface area contributed by atoms with Crippen molar-refractivity contribution in [2.75, 3.05) is 0 Å². The molecule has 7 aromatic carbocycles. The van der Waals surface area contributed by atoms with Crippen molar-refractivity contribution in [1.29, 1.82) is 0 Å². The molecule has 64 heavy (non-hydrogen) atoms. The first-order valence-electron chi connectivity index (χ1n) is 21.7. The van der Waals surface area contributed by atoms with E-state index in [0.717, 1.165) is 89.7 Å². The number of rotatable bonds is 5. The minimum atomic E-state index is 0.278. The molecule has 9 heteroatoms. The van der Waals surface area contributed by atoms with Gasteiger partial charge in [0.25, 0.3) is 0 Å². The SMILES string of the molecule is CC1CC=C(c2ccc(-c3ccccc3)cc2)C=C1n1c2ccc(-c3ccc4c(c3)n3c5ccccc5nc3n4-c3ncnc4c3oc3ccccc34)cc2n2c3ccccc3nc12. The lowest BCUT2D eigenvalue weighted by molar-refractivity contribution is 0.662. The van der Waals surface area contributed by atoms with Gasteiger partial charge in [-0.1, -0.05) is 116 Å². The first-order valence-corrected chi connectivity index (χ1v) is 21.7. The van der Waals surface area contributed by atoms with Crippen LogP contribution in [0.2, 0.25) is 0 Å². The fourth-order valence-corrected chi connectivity index (χ4v) is 10.1. The maximum absolute atomic E-state index is 6.47. The Kier molecular flexibility index (Phi) is 7.25. The van der Waals surface area contributed by atoms with Crippen LogP contribution in [0, 0.1) is 5.92 Å². The number of fused-ring (bicyclic) bond motifs is 13. The summed E-state index contributed by atoms with van der Waals surface area (Å²) >= 11 is 0. The largest absolute Gasteiger partial charge is 0.450 e. The topological polar surface area (TPSA) is 83.4 Å². The van der Waals surface area contributed by atoms with Crippen molar-refractivity contribution in [2.24, 2.45) is 5.92 Å². The van der Waals surface area contributed by atoms with Crippen LogP contribution in [0.25, 0.3) is 117 Å². The minimum Gasteiger partial charge on any atom is -0.450 e. The van der Waals surface area contributed by atoms with Gasteiger partial charge in [-0.25, -0.2) is 19.9 Å². The van der Waals surface area contributed by atoms with Crippen molar-refractivity contribution < 1.29 is 4.42 Å². The number of para-hydroxylation sites is 5. The normalized spacial score (nSPS) is 14.6. The van der Waals surface area contributed by atoms with Gasteiger partial charge in [-0.3, -0.25) is 17.9 Å². The van der Waals surface area contributed by atoms with Crippen LogP contribution in [0.1, 0.15) is 18.9 Å². The van der Waals surface area contributed by atoms with E-state index in [4.69, 9.17) is 19.4 Å². The predicted molar refractivity (Wildman–Crippen MR) is 257 cm³/mol. The van der Waals surface area contributed by atoms with Crippen LogP contribution < -0.4 is 0 Å². The molecule has 0 saturated heterocycles. The molecule has 6 heterocycles. The number of nitrogens with zero attached hydrogens (tertiary/aromatic N) is 8. The van der Waals surface area contributed by atoms with Crippen molar-refractivity contribution in [3.05, 3.63) is 188 Å². The average molecular weight is 825 g/mol. The maximum Gasteiger partial charge on any atom is 0.222 e. The van der Waals surface area contributed by atoms with Crippen molar-refractivity contribution in [3.63, 3.8) is 0 Å². The van der Waals surface area contributed by atoms with E-state index in [1.807, 2.05) is 30.3 Å². The molecule has 1 unspecified atom stereocenters. The van der Waals surface area contributed by atoms with E-state index >= 15 is 0 Å². The maximum atomic E-state index is 6.47. The third-order valence-electron chi connectivity index (χ3n) is 13.2. The quantitative estimate of drug-likeness (QED) is 0.173. The van der Waals surface area contributed by atoms with E-state index in [1.54, 1.807) is 6.33 Å². The van der Waals surface area contributed by atoms with E-state index in [2.05, 4.69) is 175 Å². The highest BCUT2D eigenvalue weighted by atomic mass is 16.3. The van der Waals surface area contributed by atoms with Crippen LogP contribution >= 0.6 is 0 Å². The van der Waals surface area contributed by atoms with E-state index in [-0.39, 0.29) is 5.92 Å². The molecule has 1 aliphatic rings. The molecule has 0 saturated carbocycles. The third kappa shape index (κ3) is 5.00. The standard InChI is InChI=1S/C55H36N8O/c1-33-19-20-37(36-23-21-35(22-24-36)34-11-3-2-4-12-34)29-47(33)62-45-27-25-38(30-48(45)60-43-16-8-6-14-41(43)58-54(60)62)39-26-28-46-49(31-39)61-44-17-9-7-15-42(44)59-55(61)63(46)53-52-51(56-32-57-53)40-13-5-10-18-50(40)64-52/h2-18,20-33H,19H2,1H3. The fraction of sp³-hybridized carbons (Fsp3) is 0.0545. The van der Waals surface area contributed by atoms with Gasteiger partial charge in [-0.2, -0.15) is 0 Å². The molecule has 0 N–H and O–H groups in total. The zero-order valence-corrected chi connectivity index (χ0v) is 34.6. The summed E-state index contributed by atoms with van der Waals surface area (Å²) < 4.78 is 15.5. The monoisotopic (exact) mass is 824 g/mol. The van der Waals surface area contributed by atoms with Gasteiger partial charge in [-0.05, 0) is 107 Å². The Balaban J connectivity index is 0.948. The number of imidazole rings is 4. The lowest BCUT2D eigenvalue weighted by Crippen LogP contribution is -2.10. The molecule has 14 rings (SSSR count). The smallest absolute Gasteiger partial charge is 0.222 e. The molecule has 0 spiro atoms. The number of furan rings is 1. The van der Waals surface area contributed by atoms with Crippen molar-refractivity contribution in [1.82, 2.24) is 37.9 Å². The summed E-state index contributed by atoms with van der Waals surface area (Å²) in [4.78, 5) is 20.0. The number of benzene rings is 7. The number of hydrogen-bond acceptors (Lipinski definition) is 5. The van der Waals surface area contributed by atoms with Crippen molar-refractivity contribution in [2.45, 2.75) is 13.3 Å². The molecule has 302 valence electrons. The van der Waals surface area contributed by atoms with Gasteiger partial charge in [0.2, 0.25) is 11.6 Å². The molecule has 9 nitrogen and oxygen atoms in total. The first-order chi connectivity index (χ1) is 31.6. The van der Waals surface area contributed by atoms with Crippen LogP contribution in [-0.2, 0) is 0 Å². The zero-order valence-electron chi connectivity index (χ0n) is 34.6. The van der Waals surface area contributed by atoms with E-state index in [9.17, 15) is 0 Å². The summed E-state index contributed by atoms with van der Waals surface area (Å²) in [5.41, 5.74) is 18.6. The second-order valence-electron chi connectivity index (χ2n) is 16.8. The second-order valence-corrected chi connectivity index (χ2v) is 16.8. The van der Waals surface area contributed by atoms with Gasteiger partial charge >= 0.3 is 0 Å². The summed E-state index contributed by atoms with van der Waals surface area (Å²) in [7, 11) is 0. The summed E-state index contributed by atoms with van der Waals surface area (Å²) in [5.74, 6) is 2.59. The van der Waals surface area contributed by atoms with Crippen molar-refractivity contribution in [3.8, 4) is 28.1 Å². The Hall–Kier alpha value is -8.56. The molecular formula is C55H36N8O. The molecule has 0 bridgehead atoms. The predicted octanol–water partition coefficient (Wildman–Crippen LogP) is 13.2. The number of hydrogen-bond donors (Lipinski definition) is 0. The van der Waals surface area contributed by atoms with Crippen LogP contribution in [0.15, 0.2) is 187 Å². The lowest BCUT2D eigenvalue weighted by Gasteiger charge is -2.22. The van der Waals surface area contributed by atoms with E-state index in [1.165, 1.54) is 28.0 Å². The van der Waals surface area contributed by atoms with Gasteiger partial charge in [-0.15, -0.1) is 0 Å². The summed E-state index contributed by atoms with van der Waals surface area (Å²) in [6, 6.07) is 57.7. The van der Waals surface area contributed by atoms with Gasteiger partial charge < -0.3 is 4.42 Å². The van der Waals surface area contributed by atoms with E-state index < -0.39 is 0 Å². The minimum absolute atomic E-state index is 0.278. The highest BCUT2D eigenvalue weighted by Gasteiger charge is 2.26. The van der Waals surface area contributed by atoms with Gasteiger partial charge in [0.05, 0.1) is 44.1 Å². The Morgan fingerprint density at radius 2 is 1.09 bits per heavy atom. The molecule has 0 amide bonds. The molecule has 13 aromatic rings. The Morgan fingerprint density at radius 3 is 1.81 bits per heavy atom. The van der Waals surface area contributed by atoms with Crippen LogP contribution in [0.4, 0.5) is 0 Å². The molecule has 1 aliphatic carbocycles. The Morgan fingerprint density at radius 1 is 0.516 bits per heavy atom. The average Bonchev–Trinajstić information content (AvgIpc) is 4.16. The number of aromatic nitrogens is 8. The van der Waals surface area contributed by atoms with Crippen molar-refractivity contribution >= 4 is 89.0 Å². The Bertz CT molecular complexity index is 4120. The summed E-state index contributed by atoms with van der Waals surface area (Å²) in [6.45, 7) is 2.32. The van der Waals surface area contributed by atoms with Crippen LogP contribution in [0.5, 0.6) is 0 Å². The summed E-state index contributed by atoms with van der Waals surface area (Å²) in [6.07, 6.45) is 7.29. The fourth-order valence-electron chi connectivity index (χ4n) is 10.1.